The van der Waals surface area contributed by atoms with Gasteiger partial charge in [-0.3, -0.25) is 9.59 Å². The molecule has 6 nitrogen and oxygen atoms in total. The molecule has 2 aliphatic heterocycles. The standard InChI is InChI=1S/C34H43ClN4O2/c1-2-25(26-9-5-3-6-10-26)24-39-20-15-31(37-32(34(39)41)16-19-38-17-7-4-8-18-38)23-36-33(40)29-12-11-28-22-30(35)14-13-27(28)21-29/h3,5-6,9-14,21-22,25,31-32,37H,2,4,7-8,15-20,23-24H2,1H3,(H,36,40)/t25-,31+,32+/m1/s1/i15D2,23D2,31D. The maximum absolute atomic E-state index is 14.2. The number of carbonyl (C=O) groups is 2. The second-order valence-electron chi connectivity index (χ2n) is 11.0. The van der Waals surface area contributed by atoms with Gasteiger partial charge in [0.05, 0.1) is 8.78 Å². The smallest absolute Gasteiger partial charge is 0.251 e. The molecule has 5 rings (SSSR count). The van der Waals surface area contributed by atoms with Crippen LogP contribution in [0.2, 0.25) is 5.02 Å². The Kier molecular flexibility index (Phi) is 8.24. The van der Waals surface area contributed by atoms with E-state index in [9.17, 15) is 11.0 Å². The second kappa shape index (κ2) is 14.3. The van der Waals surface area contributed by atoms with Gasteiger partial charge >= 0.3 is 0 Å². The lowest BCUT2D eigenvalue weighted by molar-refractivity contribution is -0.133. The normalized spacial score (nSPS) is 26.2. The summed E-state index contributed by atoms with van der Waals surface area (Å²) in [5, 5.41) is 7.23. The Morgan fingerprint density at radius 2 is 1.85 bits per heavy atom. The molecule has 41 heavy (non-hydrogen) atoms. The van der Waals surface area contributed by atoms with Crippen LogP contribution in [0.25, 0.3) is 10.8 Å². The van der Waals surface area contributed by atoms with E-state index in [1.165, 1.54) is 11.0 Å². The molecule has 2 heterocycles. The van der Waals surface area contributed by atoms with Crippen LogP contribution in [0.15, 0.2) is 66.7 Å². The van der Waals surface area contributed by atoms with Crippen molar-refractivity contribution in [2.75, 3.05) is 39.2 Å². The van der Waals surface area contributed by atoms with E-state index < -0.39 is 37.4 Å². The quantitative estimate of drug-likeness (QED) is 0.316. The van der Waals surface area contributed by atoms with Crippen LogP contribution in [-0.4, -0.2) is 72.9 Å². The Labute approximate surface area is 256 Å². The van der Waals surface area contributed by atoms with E-state index in [-0.39, 0.29) is 30.4 Å². The zero-order valence-electron chi connectivity index (χ0n) is 28.7. The lowest BCUT2D eigenvalue weighted by atomic mass is 9.95. The van der Waals surface area contributed by atoms with Crippen molar-refractivity contribution in [1.29, 1.82) is 0 Å². The first-order valence-electron chi connectivity index (χ1n) is 17.2. The zero-order valence-corrected chi connectivity index (χ0v) is 24.4. The maximum Gasteiger partial charge on any atom is 0.251 e. The first kappa shape index (κ1) is 23.6. The van der Waals surface area contributed by atoms with Crippen molar-refractivity contribution in [3.8, 4) is 0 Å². The minimum atomic E-state index is -2.91. The van der Waals surface area contributed by atoms with E-state index in [1.807, 2.05) is 37.3 Å². The van der Waals surface area contributed by atoms with E-state index in [0.29, 0.717) is 18.0 Å². The van der Waals surface area contributed by atoms with Gasteiger partial charge in [-0.2, -0.15) is 0 Å². The SMILES string of the molecule is [2H]C1([2H])CN(C[C@@H](CC)c2ccccc2)C(=O)[C@H](CCN2CCCCC2)N[C@]1([2H])C([2H])([2H])NC(=O)c1ccc2cc(Cl)ccc2c1. The predicted molar refractivity (Wildman–Crippen MR) is 168 cm³/mol. The van der Waals surface area contributed by atoms with E-state index in [1.54, 1.807) is 30.3 Å². The molecule has 2 amide bonds. The monoisotopic (exact) mass is 579 g/mol. The fraction of sp³-hybridized carbons (Fsp3) is 0.471. The Hall–Kier alpha value is -2.93. The Balaban J connectivity index is 1.44. The highest BCUT2D eigenvalue weighted by Crippen LogP contribution is 2.24. The molecule has 7 heteroatoms. The number of amides is 2. The minimum absolute atomic E-state index is 0.0684. The van der Waals surface area contributed by atoms with Crippen LogP contribution in [0.1, 0.15) is 74.1 Å². The van der Waals surface area contributed by atoms with E-state index in [0.717, 1.165) is 48.7 Å². The van der Waals surface area contributed by atoms with Gasteiger partial charge in [-0.1, -0.05) is 67.4 Å². The summed E-state index contributed by atoms with van der Waals surface area (Å²) in [5.41, 5.74) is 1.18. The number of hydrogen-bond donors (Lipinski definition) is 2. The third-order valence-electron chi connectivity index (χ3n) is 8.13. The fourth-order valence-electron chi connectivity index (χ4n) is 5.70. The largest absolute Gasteiger partial charge is 0.350 e. The van der Waals surface area contributed by atoms with Crippen molar-refractivity contribution in [3.05, 3.63) is 82.9 Å². The molecule has 0 radical (unpaired) electrons. The number of nitrogens with zero attached hydrogens (tertiary/aromatic N) is 2. The number of hydrogen-bond acceptors (Lipinski definition) is 4. The van der Waals surface area contributed by atoms with Crippen LogP contribution in [0.4, 0.5) is 0 Å². The molecule has 0 spiro atoms. The summed E-state index contributed by atoms with van der Waals surface area (Å²) in [5.74, 6) is -1.22. The molecular weight excluding hydrogens is 532 g/mol. The van der Waals surface area contributed by atoms with E-state index in [4.69, 9.17) is 17.1 Å². The van der Waals surface area contributed by atoms with Crippen LogP contribution >= 0.6 is 11.6 Å². The van der Waals surface area contributed by atoms with Gasteiger partial charge in [0, 0.05) is 52.8 Å². The average molecular weight is 580 g/mol. The van der Waals surface area contributed by atoms with Gasteiger partial charge in [0.15, 0.2) is 0 Å². The van der Waals surface area contributed by atoms with Crippen LogP contribution in [0, 0.1) is 0 Å². The molecule has 0 unspecified atom stereocenters. The number of piperidine rings is 1. The highest BCUT2D eigenvalue weighted by molar-refractivity contribution is 6.31. The molecule has 3 atom stereocenters. The summed E-state index contributed by atoms with van der Waals surface area (Å²) in [6.07, 6.45) is 1.69. The van der Waals surface area contributed by atoms with E-state index in [2.05, 4.69) is 15.5 Å². The second-order valence-corrected chi connectivity index (χ2v) is 11.4. The van der Waals surface area contributed by atoms with Crippen molar-refractivity contribution in [2.45, 2.75) is 63.4 Å². The predicted octanol–water partition coefficient (Wildman–Crippen LogP) is 5.85. The number of benzene rings is 3. The Bertz CT molecular complexity index is 1540. The Morgan fingerprint density at radius 1 is 1.10 bits per heavy atom. The van der Waals surface area contributed by atoms with Gasteiger partial charge in [-0.25, -0.2) is 0 Å². The molecule has 0 bridgehead atoms. The summed E-state index contributed by atoms with van der Waals surface area (Å²) >= 11 is 6.09. The van der Waals surface area contributed by atoms with Gasteiger partial charge < -0.3 is 20.4 Å². The molecule has 0 aromatic heterocycles. The van der Waals surface area contributed by atoms with E-state index >= 15 is 0 Å². The minimum Gasteiger partial charge on any atom is -0.350 e. The van der Waals surface area contributed by atoms with Gasteiger partial charge in [0.2, 0.25) is 5.91 Å². The number of likely N-dealkylation sites (tertiary alicyclic amines) is 1. The Morgan fingerprint density at radius 3 is 2.63 bits per heavy atom. The number of halogens is 1. The zero-order chi connectivity index (χ0) is 33.1. The lowest BCUT2D eigenvalue weighted by Gasteiger charge is -2.31. The third-order valence-corrected chi connectivity index (χ3v) is 8.36. The molecule has 0 saturated carbocycles. The van der Waals surface area contributed by atoms with Crippen LogP contribution in [0.5, 0.6) is 0 Å². The van der Waals surface area contributed by atoms with Crippen molar-refractivity contribution < 1.29 is 16.4 Å². The summed E-state index contributed by atoms with van der Waals surface area (Å²) < 4.78 is 45.6. The molecule has 0 aliphatic carbocycles. The van der Waals surface area contributed by atoms with Crippen LogP contribution in [0.3, 0.4) is 0 Å². The lowest BCUT2D eigenvalue weighted by Crippen LogP contribution is -2.50. The maximum atomic E-state index is 14.2. The summed E-state index contributed by atoms with van der Waals surface area (Å²) in [6.45, 7) is 1.20. The number of nitrogens with one attached hydrogen (secondary N) is 2. The van der Waals surface area contributed by atoms with Crippen LogP contribution in [-0.2, 0) is 4.79 Å². The van der Waals surface area contributed by atoms with Crippen molar-refractivity contribution in [2.24, 2.45) is 0 Å². The van der Waals surface area contributed by atoms with Crippen molar-refractivity contribution in [1.82, 2.24) is 20.4 Å². The number of carbonyl (C=O) groups excluding carboxylic acids is 2. The molecule has 2 saturated heterocycles. The topological polar surface area (TPSA) is 64.7 Å². The summed E-state index contributed by atoms with van der Waals surface area (Å²) in [6, 6.07) is 16.1. The van der Waals surface area contributed by atoms with Crippen LogP contribution < -0.4 is 10.6 Å². The molecule has 218 valence electrons. The highest BCUT2D eigenvalue weighted by Gasteiger charge is 2.32. The van der Waals surface area contributed by atoms with Gasteiger partial charge in [-0.15, -0.1) is 0 Å². The number of fused-ring (bicyclic) bond motifs is 1. The highest BCUT2D eigenvalue weighted by atomic mass is 35.5. The summed E-state index contributed by atoms with van der Waals surface area (Å²) in [4.78, 5) is 31.3. The fourth-order valence-corrected chi connectivity index (χ4v) is 5.88. The number of rotatable bonds is 10. The van der Waals surface area contributed by atoms with Crippen molar-refractivity contribution in [3.63, 3.8) is 0 Å². The third kappa shape index (κ3) is 7.88. The molecule has 2 aliphatic rings. The van der Waals surface area contributed by atoms with Gasteiger partial charge in [-0.05, 0) is 85.7 Å². The first-order chi connectivity index (χ1) is 21.8. The average Bonchev–Trinajstić information content (AvgIpc) is 3.11. The molecule has 3 aromatic rings. The molecule has 3 aromatic carbocycles. The first-order valence-corrected chi connectivity index (χ1v) is 15.1. The van der Waals surface area contributed by atoms with Gasteiger partial charge in [0.25, 0.3) is 5.91 Å². The molecule has 2 N–H and O–H groups in total. The van der Waals surface area contributed by atoms with Crippen molar-refractivity contribution >= 4 is 34.2 Å². The van der Waals surface area contributed by atoms with Gasteiger partial charge in [0.1, 0.15) is 0 Å². The summed E-state index contributed by atoms with van der Waals surface area (Å²) in [7, 11) is 0. The molecular formula is C34H43ClN4O2. The molecule has 2 fully saturated rings.